The van der Waals surface area contributed by atoms with Crippen molar-refractivity contribution in [3.05, 3.63) is 88.3 Å². The van der Waals surface area contributed by atoms with Gasteiger partial charge >= 0.3 is 0 Å². The van der Waals surface area contributed by atoms with Gasteiger partial charge in [0.15, 0.2) is 0 Å². The second-order valence-corrected chi connectivity index (χ2v) is 8.21. The van der Waals surface area contributed by atoms with Crippen LogP contribution in [0.4, 0.5) is 5.69 Å². The summed E-state index contributed by atoms with van der Waals surface area (Å²) in [4.78, 5) is 15.2. The van der Waals surface area contributed by atoms with Gasteiger partial charge in [-0.05, 0) is 56.1 Å². The van der Waals surface area contributed by atoms with Crippen molar-refractivity contribution in [2.24, 2.45) is 0 Å². The summed E-state index contributed by atoms with van der Waals surface area (Å²) < 4.78 is 7.33. The van der Waals surface area contributed by atoms with Crippen LogP contribution in [0.25, 0.3) is 5.69 Å². The molecule has 0 saturated carbocycles. The van der Waals surface area contributed by atoms with E-state index in [0.29, 0.717) is 18.4 Å². The summed E-state index contributed by atoms with van der Waals surface area (Å²) >= 11 is 0. The quantitative estimate of drug-likeness (QED) is 0.496. The molecule has 0 radical (unpaired) electrons. The molecule has 2 aromatic carbocycles. The zero-order valence-electron chi connectivity index (χ0n) is 18.5. The fraction of sp³-hybridized carbons (Fsp3) is 0.308. The summed E-state index contributed by atoms with van der Waals surface area (Å²) in [5.74, 6) is 0.539. The molecule has 1 unspecified atom stereocenters. The van der Waals surface area contributed by atoms with E-state index in [2.05, 4.69) is 17.1 Å². The van der Waals surface area contributed by atoms with Gasteiger partial charge in [-0.1, -0.05) is 30.3 Å². The van der Waals surface area contributed by atoms with Gasteiger partial charge in [-0.25, -0.2) is 0 Å². The number of anilines is 1. The third kappa shape index (κ3) is 5.26. The van der Waals surface area contributed by atoms with E-state index < -0.39 is 0 Å². The molecule has 1 saturated heterocycles. The lowest BCUT2D eigenvalue weighted by atomic mass is 10.1. The van der Waals surface area contributed by atoms with Crippen LogP contribution in [0.3, 0.4) is 0 Å². The van der Waals surface area contributed by atoms with Gasteiger partial charge in [0.2, 0.25) is 0 Å². The van der Waals surface area contributed by atoms with E-state index in [-0.39, 0.29) is 5.56 Å². The maximum Gasteiger partial charge on any atom is 0.258 e. The number of pyridine rings is 1. The van der Waals surface area contributed by atoms with Crippen molar-refractivity contribution >= 4 is 11.9 Å². The van der Waals surface area contributed by atoms with Crippen molar-refractivity contribution in [3.63, 3.8) is 0 Å². The molecule has 6 nitrogen and oxygen atoms in total. The monoisotopic (exact) mass is 430 g/mol. The number of aromatic nitrogens is 1. The molecule has 6 heteroatoms. The lowest BCUT2D eigenvalue weighted by molar-refractivity contribution is 0.279. The molecule has 4 rings (SSSR count). The molecule has 2 heterocycles. The van der Waals surface area contributed by atoms with Crippen LogP contribution in [0, 0.1) is 5.41 Å². The minimum absolute atomic E-state index is 0.171. The first-order chi connectivity index (χ1) is 15.6. The highest BCUT2D eigenvalue weighted by molar-refractivity contribution is 5.86. The summed E-state index contributed by atoms with van der Waals surface area (Å²) in [5, 5.41) is 11.3. The summed E-state index contributed by atoms with van der Waals surface area (Å²) in [6.07, 6.45) is 5.58. The largest absolute Gasteiger partial charge is 0.489 e. The average Bonchev–Trinajstić information content (AvgIpc) is 3.23. The van der Waals surface area contributed by atoms with Gasteiger partial charge in [-0.2, -0.15) is 0 Å². The van der Waals surface area contributed by atoms with E-state index in [1.807, 2.05) is 48.5 Å². The Kier molecular flexibility index (Phi) is 7.02. The highest BCUT2D eigenvalue weighted by atomic mass is 16.5. The Morgan fingerprint density at radius 1 is 1.16 bits per heavy atom. The predicted molar refractivity (Wildman–Crippen MR) is 129 cm³/mol. The first kappa shape index (κ1) is 21.8. The number of hydrogen-bond acceptors (Lipinski definition) is 5. The lowest BCUT2D eigenvalue weighted by Gasteiger charge is -2.21. The second kappa shape index (κ2) is 10.3. The first-order valence-corrected chi connectivity index (χ1v) is 11.2. The molecule has 3 aromatic rings. The lowest BCUT2D eigenvalue weighted by Crippen LogP contribution is -2.31. The molecule has 1 aliphatic heterocycles. The zero-order valence-corrected chi connectivity index (χ0v) is 18.5. The molecular weight excluding hydrogens is 400 g/mol. The predicted octanol–water partition coefficient (Wildman–Crippen LogP) is 4.31. The average molecular weight is 431 g/mol. The molecule has 1 fully saturated rings. The Hall–Kier alpha value is -3.38. The highest BCUT2D eigenvalue weighted by Gasteiger charge is 2.19. The van der Waals surface area contributed by atoms with Crippen molar-refractivity contribution in [1.29, 1.82) is 5.41 Å². The third-order valence-electron chi connectivity index (χ3n) is 6.01. The smallest absolute Gasteiger partial charge is 0.258 e. The Bertz CT molecular complexity index is 1110. The zero-order chi connectivity index (χ0) is 22.3. The molecule has 2 N–H and O–H groups in total. The maximum absolute atomic E-state index is 12.7. The Morgan fingerprint density at radius 2 is 2.00 bits per heavy atom. The third-order valence-corrected chi connectivity index (χ3v) is 6.01. The van der Waals surface area contributed by atoms with Crippen LogP contribution < -0.4 is 15.6 Å². The molecule has 32 heavy (non-hydrogen) atoms. The number of likely N-dealkylation sites (tertiary alicyclic amines) is 1. The molecule has 1 atom stereocenters. The van der Waals surface area contributed by atoms with Gasteiger partial charge < -0.3 is 15.5 Å². The normalized spacial score (nSPS) is 16.1. The molecule has 166 valence electrons. The van der Waals surface area contributed by atoms with Gasteiger partial charge in [0, 0.05) is 54.5 Å². The fourth-order valence-electron chi connectivity index (χ4n) is 4.14. The molecule has 0 spiro atoms. The fourth-order valence-corrected chi connectivity index (χ4v) is 4.14. The number of nitrogens with zero attached hydrogens (tertiary/aromatic N) is 2. The van der Waals surface area contributed by atoms with Crippen LogP contribution in [0.2, 0.25) is 0 Å². The van der Waals surface area contributed by atoms with Crippen LogP contribution >= 0.6 is 0 Å². The van der Waals surface area contributed by atoms with Crippen LogP contribution in [0.1, 0.15) is 30.9 Å². The number of hydrogen-bond donors (Lipinski definition) is 2. The Balaban J connectivity index is 1.42. The van der Waals surface area contributed by atoms with E-state index in [1.54, 1.807) is 16.8 Å². The molecular formula is C26H30N4O2. The van der Waals surface area contributed by atoms with Crippen LogP contribution in [-0.4, -0.2) is 41.4 Å². The Morgan fingerprint density at radius 3 is 2.72 bits per heavy atom. The minimum Gasteiger partial charge on any atom is -0.489 e. The SMILES string of the molecule is CC1CCCN1CCNc1ccc(-n2ccc(OCc3ccccc3)cc2=O)cc1C=N. The first-order valence-electron chi connectivity index (χ1n) is 11.2. The van der Waals surface area contributed by atoms with Gasteiger partial charge in [-0.3, -0.25) is 14.3 Å². The van der Waals surface area contributed by atoms with Crippen molar-refractivity contribution < 1.29 is 4.74 Å². The summed E-state index contributed by atoms with van der Waals surface area (Å²) in [6.45, 7) is 5.68. The molecule has 0 bridgehead atoms. The van der Waals surface area contributed by atoms with Crippen molar-refractivity contribution in [1.82, 2.24) is 9.47 Å². The summed E-state index contributed by atoms with van der Waals surface area (Å²) in [6, 6.07) is 19.5. The van der Waals surface area contributed by atoms with E-state index in [4.69, 9.17) is 10.1 Å². The van der Waals surface area contributed by atoms with Crippen molar-refractivity contribution in [2.45, 2.75) is 32.4 Å². The van der Waals surface area contributed by atoms with Crippen LogP contribution in [0.5, 0.6) is 5.75 Å². The molecule has 1 aromatic heterocycles. The number of rotatable bonds is 9. The molecule has 0 aliphatic carbocycles. The Labute approximate surface area is 189 Å². The molecule has 0 amide bonds. The van der Waals surface area contributed by atoms with Crippen LogP contribution in [-0.2, 0) is 6.61 Å². The summed E-state index contributed by atoms with van der Waals surface area (Å²) in [7, 11) is 0. The van der Waals surface area contributed by atoms with Gasteiger partial charge in [0.05, 0.1) is 0 Å². The van der Waals surface area contributed by atoms with Gasteiger partial charge in [-0.15, -0.1) is 0 Å². The van der Waals surface area contributed by atoms with E-state index in [9.17, 15) is 4.79 Å². The van der Waals surface area contributed by atoms with E-state index in [0.717, 1.165) is 42.1 Å². The topological polar surface area (TPSA) is 70.3 Å². The van der Waals surface area contributed by atoms with Gasteiger partial charge in [0.25, 0.3) is 5.56 Å². The van der Waals surface area contributed by atoms with Crippen molar-refractivity contribution in [3.8, 4) is 11.4 Å². The summed E-state index contributed by atoms with van der Waals surface area (Å²) in [5.41, 5.74) is 3.27. The molecule has 1 aliphatic rings. The second-order valence-electron chi connectivity index (χ2n) is 8.21. The minimum atomic E-state index is -0.171. The van der Waals surface area contributed by atoms with Crippen LogP contribution in [0.15, 0.2) is 71.7 Å². The standard InChI is InChI=1S/C26H30N4O2/c1-20-6-5-13-29(20)15-12-28-25-10-9-23(16-22(25)18-27)30-14-11-24(17-26(30)31)32-19-21-7-3-2-4-8-21/h2-4,7-11,14,16-18,20,27-28H,5-6,12-13,15,19H2,1H3. The van der Waals surface area contributed by atoms with Gasteiger partial charge in [0.1, 0.15) is 12.4 Å². The maximum atomic E-state index is 12.7. The van der Waals surface area contributed by atoms with Crippen molar-refractivity contribution in [2.75, 3.05) is 25.0 Å². The van der Waals surface area contributed by atoms with E-state index in [1.165, 1.54) is 25.1 Å². The number of ether oxygens (including phenoxy) is 1. The highest BCUT2D eigenvalue weighted by Crippen LogP contribution is 2.20. The number of nitrogens with one attached hydrogen (secondary N) is 2. The van der Waals surface area contributed by atoms with E-state index >= 15 is 0 Å². The number of benzene rings is 2.